The summed E-state index contributed by atoms with van der Waals surface area (Å²) in [6.45, 7) is 0.269. The number of esters is 1. The molecule has 2 aromatic heterocycles. The van der Waals surface area contributed by atoms with E-state index < -0.39 is 0 Å². The van der Waals surface area contributed by atoms with Crippen LogP contribution in [-0.4, -0.2) is 27.2 Å². The van der Waals surface area contributed by atoms with Gasteiger partial charge in [-0.25, -0.2) is 14.8 Å². The molecule has 0 saturated heterocycles. The van der Waals surface area contributed by atoms with Crippen molar-refractivity contribution in [3.05, 3.63) is 314 Å². The molecule has 14 aromatic rings. The van der Waals surface area contributed by atoms with Crippen LogP contribution in [-0.2, 0) is 11.3 Å². The Balaban J connectivity index is 0.799. The molecule has 2 aliphatic heterocycles. The van der Waals surface area contributed by atoms with Crippen molar-refractivity contribution >= 4 is 85.0 Å². The number of rotatable bonds is 11. The molecular weight excluding hydrogens is 1050 g/mol. The molecule has 2 aliphatic rings. The Morgan fingerprint density at radius 1 is 0.372 bits per heavy atom. The standard InChI is InChI=1S/C78H52BN5O2/c85-78(86-51-52-20-5-1-6-21-52)59-43-47-71-64(49-59)62-28-13-16-31-69(62)84(71)70-46-42-58(77-80-67(56-22-7-2-8-23-56)50-68(81-77)57-24-9-3-10-25-57)48-63(70)55-38-36-53(37-39-55)54-40-44-61(45-41-54)83-73-33-18-15-30-66(73)79-65-29-14-17-32-72(65)82(60-26-11-4-12-27-60)74-34-19-35-75(83)76(74)79/h1-50H,51H2. The second-order valence-electron chi connectivity index (χ2n) is 22.0. The largest absolute Gasteiger partial charge is 0.457 e. The van der Waals surface area contributed by atoms with Crippen LogP contribution in [0.15, 0.2) is 303 Å². The van der Waals surface area contributed by atoms with Crippen molar-refractivity contribution in [2.45, 2.75) is 6.61 Å². The molecule has 404 valence electrons. The SMILES string of the molecule is O=C(OCc1ccccc1)c1ccc2c(c1)c1ccccc1n2-c1ccc(-c2nc(-c3ccccc3)cc(-c3ccccc3)n2)cc1-c1ccc(-c2ccc(N3c4ccccc4B4c5ccccc5N(c5ccccc5)c5cccc3c54)cc2)cc1. The fourth-order valence-corrected chi connectivity index (χ4v) is 13.0. The zero-order valence-electron chi connectivity index (χ0n) is 46.7. The zero-order chi connectivity index (χ0) is 57.1. The van der Waals surface area contributed by atoms with Crippen LogP contribution in [0.1, 0.15) is 15.9 Å². The Morgan fingerprint density at radius 2 is 0.872 bits per heavy atom. The highest BCUT2D eigenvalue weighted by Crippen LogP contribution is 2.45. The van der Waals surface area contributed by atoms with E-state index in [2.05, 4.69) is 233 Å². The third kappa shape index (κ3) is 8.74. The Kier molecular flexibility index (Phi) is 12.4. The van der Waals surface area contributed by atoms with E-state index in [1.54, 1.807) is 0 Å². The van der Waals surface area contributed by atoms with Gasteiger partial charge >= 0.3 is 5.97 Å². The van der Waals surface area contributed by atoms with Crippen LogP contribution in [0.2, 0.25) is 0 Å². The molecule has 0 radical (unpaired) electrons. The van der Waals surface area contributed by atoms with Gasteiger partial charge in [-0.05, 0) is 136 Å². The molecule has 0 amide bonds. The summed E-state index contributed by atoms with van der Waals surface area (Å²) in [4.78, 5) is 29.1. The van der Waals surface area contributed by atoms with E-state index in [0.29, 0.717) is 11.4 Å². The van der Waals surface area contributed by atoms with Gasteiger partial charge in [-0.1, -0.05) is 206 Å². The summed E-state index contributed by atoms with van der Waals surface area (Å²) >= 11 is 0. The lowest BCUT2D eigenvalue weighted by molar-refractivity contribution is 0.0473. The molecular formula is C78H52BN5O2. The third-order valence-corrected chi connectivity index (χ3v) is 17.0. The van der Waals surface area contributed by atoms with Gasteiger partial charge in [0.25, 0.3) is 6.71 Å². The van der Waals surface area contributed by atoms with Crippen LogP contribution >= 0.6 is 0 Å². The van der Waals surface area contributed by atoms with Crippen molar-refractivity contribution in [3.8, 4) is 61.8 Å². The minimum Gasteiger partial charge on any atom is -0.457 e. The summed E-state index contributed by atoms with van der Waals surface area (Å²) in [7, 11) is 0. The number of carbonyl (C=O) groups excluding carboxylic acids is 1. The molecule has 0 saturated carbocycles. The number of hydrogen-bond donors (Lipinski definition) is 0. The molecule has 4 heterocycles. The maximum Gasteiger partial charge on any atom is 0.338 e. The van der Waals surface area contributed by atoms with Gasteiger partial charge in [0.2, 0.25) is 0 Å². The molecule has 0 aliphatic carbocycles. The van der Waals surface area contributed by atoms with Gasteiger partial charge in [0.05, 0.1) is 33.7 Å². The van der Waals surface area contributed by atoms with E-state index in [4.69, 9.17) is 14.7 Å². The Morgan fingerprint density at radius 3 is 1.51 bits per heavy atom. The number of nitrogens with zero attached hydrogens (tertiary/aromatic N) is 5. The normalized spacial score (nSPS) is 12.2. The van der Waals surface area contributed by atoms with Gasteiger partial charge in [-0.2, -0.15) is 0 Å². The molecule has 0 unspecified atom stereocenters. The number of anilines is 6. The number of aromatic nitrogens is 3. The summed E-state index contributed by atoms with van der Waals surface area (Å²) in [5.41, 5.74) is 24.1. The summed E-state index contributed by atoms with van der Waals surface area (Å²) in [5.74, 6) is 0.253. The highest BCUT2D eigenvalue weighted by atomic mass is 16.5. The number of fused-ring (bicyclic) bond motifs is 7. The summed E-state index contributed by atoms with van der Waals surface area (Å²) in [6.07, 6.45) is 0. The van der Waals surface area contributed by atoms with E-state index in [1.165, 1.54) is 39.1 Å². The van der Waals surface area contributed by atoms with E-state index in [0.717, 1.165) is 94.8 Å². The van der Waals surface area contributed by atoms with Gasteiger partial charge < -0.3 is 19.1 Å². The molecule has 0 atom stereocenters. The molecule has 8 heteroatoms. The lowest BCUT2D eigenvalue weighted by Gasteiger charge is -2.44. The maximum atomic E-state index is 13.7. The van der Waals surface area contributed by atoms with E-state index >= 15 is 0 Å². The van der Waals surface area contributed by atoms with Crippen molar-refractivity contribution in [1.82, 2.24) is 14.5 Å². The molecule has 7 nitrogen and oxygen atoms in total. The van der Waals surface area contributed by atoms with Gasteiger partial charge in [-0.15, -0.1) is 0 Å². The van der Waals surface area contributed by atoms with Crippen molar-refractivity contribution in [1.29, 1.82) is 0 Å². The molecule has 16 rings (SSSR count). The highest BCUT2D eigenvalue weighted by Gasteiger charge is 2.42. The molecule has 0 bridgehead atoms. The third-order valence-electron chi connectivity index (χ3n) is 17.0. The van der Waals surface area contributed by atoms with Crippen molar-refractivity contribution in [3.63, 3.8) is 0 Å². The molecule has 0 spiro atoms. The van der Waals surface area contributed by atoms with Crippen LogP contribution < -0.4 is 26.2 Å². The van der Waals surface area contributed by atoms with Crippen molar-refractivity contribution in [2.24, 2.45) is 0 Å². The second kappa shape index (κ2) is 21.1. The van der Waals surface area contributed by atoms with Crippen LogP contribution in [0.3, 0.4) is 0 Å². The van der Waals surface area contributed by atoms with E-state index in [1.807, 2.05) is 84.9 Å². The first-order valence-electron chi connectivity index (χ1n) is 29.1. The van der Waals surface area contributed by atoms with Gasteiger partial charge in [0.1, 0.15) is 6.61 Å². The maximum absolute atomic E-state index is 13.7. The fraction of sp³-hybridized carbons (Fsp3) is 0.0128. The quantitative estimate of drug-likeness (QED) is 0.0950. The van der Waals surface area contributed by atoms with Gasteiger partial charge in [0.15, 0.2) is 5.82 Å². The first-order valence-corrected chi connectivity index (χ1v) is 29.1. The number of benzene rings is 12. The Labute approximate surface area is 499 Å². The first kappa shape index (κ1) is 50.4. The van der Waals surface area contributed by atoms with E-state index in [9.17, 15) is 4.79 Å². The summed E-state index contributed by atoms with van der Waals surface area (Å²) in [6, 6.07) is 106. The molecule has 0 N–H and O–H groups in total. The zero-order valence-corrected chi connectivity index (χ0v) is 46.7. The highest BCUT2D eigenvalue weighted by molar-refractivity contribution is 7.00. The predicted octanol–water partition coefficient (Wildman–Crippen LogP) is 17.3. The molecule has 0 fully saturated rings. The smallest absolute Gasteiger partial charge is 0.338 e. The van der Waals surface area contributed by atoms with Gasteiger partial charge in [-0.3, -0.25) is 0 Å². The molecule has 86 heavy (non-hydrogen) atoms. The average molecular weight is 1100 g/mol. The monoisotopic (exact) mass is 1100 g/mol. The number of para-hydroxylation sites is 4. The minimum atomic E-state index is -0.369. The van der Waals surface area contributed by atoms with Gasteiger partial charge in [0, 0.05) is 67.2 Å². The Bertz CT molecular complexity index is 4840. The average Bonchev–Trinajstić information content (AvgIpc) is 1.54. The number of carbonyl (C=O) groups is 1. The van der Waals surface area contributed by atoms with E-state index in [-0.39, 0.29) is 19.3 Å². The first-order chi connectivity index (χ1) is 42.6. The van der Waals surface area contributed by atoms with Crippen LogP contribution in [0.5, 0.6) is 0 Å². The lowest BCUT2D eigenvalue weighted by atomic mass is 9.33. The molecule has 12 aromatic carbocycles. The topological polar surface area (TPSA) is 63.5 Å². The fourth-order valence-electron chi connectivity index (χ4n) is 13.0. The number of hydrogen-bond acceptors (Lipinski definition) is 6. The van der Waals surface area contributed by atoms with Crippen molar-refractivity contribution in [2.75, 3.05) is 9.80 Å². The van der Waals surface area contributed by atoms with Crippen LogP contribution in [0.25, 0.3) is 83.6 Å². The van der Waals surface area contributed by atoms with Crippen LogP contribution in [0.4, 0.5) is 34.1 Å². The lowest BCUT2D eigenvalue weighted by Crippen LogP contribution is -2.61. The minimum absolute atomic E-state index is 0.0755. The number of ether oxygens (including phenoxy) is 1. The summed E-state index contributed by atoms with van der Waals surface area (Å²) < 4.78 is 8.16. The second-order valence-corrected chi connectivity index (χ2v) is 22.0. The van der Waals surface area contributed by atoms with Crippen molar-refractivity contribution < 1.29 is 9.53 Å². The Hall–Kier alpha value is -11.3. The summed E-state index contributed by atoms with van der Waals surface area (Å²) in [5, 5.41) is 1.98. The van der Waals surface area contributed by atoms with Crippen LogP contribution in [0, 0.1) is 0 Å². The predicted molar refractivity (Wildman–Crippen MR) is 353 cm³/mol.